The molecule has 0 aliphatic rings. The fourth-order valence-corrected chi connectivity index (χ4v) is 2.81. The van der Waals surface area contributed by atoms with Crippen LogP contribution in [0.2, 0.25) is 0 Å². The van der Waals surface area contributed by atoms with Gasteiger partial charge in [0.1, 0.15) is 5.69 Å². The Balaban J connectivity index is 2.03. The molecule has 1 heterocycles. The molecule has 1 aromatic carbocycles. The quantitative estimate of drug-likeness (QED) is 0.608. The maximum Gasteiger partial charge on any atom is 0.355 e. The molecular formula is C20H23NO5. The lowest BCUT2D eigenvalue weighted by Gasteiger charge is -2.07. The molecule has 2 rings (SSSR count). The van der Waals surface area contributed by atoms with E-state index in [1.807, 2.05) is 31.2 Å². The summed E-state index contributed by atoms with van der Waals surface area (Å²) in [5.74, 6) is -1.34. The largest absolute Gasteiger partial charge is 0.461 e. The summed E-state index contributed by atoms with van der Waals surface area (Å²) in [6.07, 6.45) is 0.110. The van der Waals surface area contributed by atoms with Gasteiger partial charge in [-0.15, -0.1) is 0 Å². The van der Waals surface area contributed by atoms with Crippen LogP contribution in [0.25, 0.3) is 0 Å². The molecule has 0 bridgehead atoms. The van der Waals surface area contributed by atoms with Crippen molar-refractivity contribution in [2.45, 2.75) is 34.1 Å². The van der Waals surface area contributed by atoms with Crippen LogP contribution in [-0.4, -0.2) is 35.9 Å². The monoisotopic (exact) mass is 357 g/mol. The zero-order valence-electron chi connectivity index (χ0n) is 15.5. The second-order valence-electron chi connectivity index (χ2n) is 6.03. The number of H-pyrrole nitrogens is 1. The van der Waals surface area contributed by atoms with Crippen LogP contribution < -0.4 is 0 Å². The Bertz CT molecular complexity index is 835. The number of ether oxygens (including phenoxy) is 2. The Morgan fingerprint density at radius 3 is 2.38 bits per heavy atom. The molecule has 0 saturated heterocycles. The summed E-state index contributed by atoms with van der Waals surface area (Å²) in [4.78, 5) is 39.2. The molecule has 0 aliphatic heterocycles. The number of carbonyl (C=O) groups excluding carboxylic acids is 3. The minimum atomic E-state index is -0.510. The van der Waals surface area contributed by atoms with E-state index in [2.05, 4.69) is 4.98 Å². The Hall–Kier alpha value is -2.89. The van der Waals surface area contributed by atoms with Gasteiger partial charge in [-0.3, -0.25) is 9.59 Å². The van der Waals surface area contributed by atoms with E-state index in [9.17, 15) is 14.4 Å². The Morgan fingerprint density at radius 1 is 1.04 bits per heavy atom. The maximum atomic E-state index is 12.5. The van der Waals surface area contributed by atoms with Crippen molar-refractivity contribution in [2.24, 2.45) is 0 Å². The number of benzene rings is 1. The predicted molar refractivity (Wildman–Crippen MR) is 96.4 cm³/mol. The molecule has 0 saturated carbocycles. The molecule has 6 heteroatoms. The average molecular weight is 357 g/mol. The number of carbonyl (C=O) groups is 3. The van der Waals surface area contributed by atoms with Gasteiger partial charge < -0.3 is 14.5 Å². The van der Waals surface area contributed by atoms with Gasteiger partial charge in [0.2, 0.25) is 5.78 Å². The second kappa shape index (κ2) is 8.47. The lowest BCUT2D eigenvalue weighted by molar-refractivity contribution is -0.141. The summed E-state index contributed by atoms with van der Waals surface area (Å²) < 4.78 is 10.1. The second-order valence-corrected chi connectivity index (χ2v) is 6.03. The summed E-state index contributed by atoms with van der Waals surface area (Å²) in [7, 11) is 0. The molecule has 6 nitrogen and oxygen atoms in total. The summed E-state index contributed by atoms with van der Waals surface area (Å²) in [6, 6.07) is 7.51. The fraction of sp³-hybridized carbons (Fsp3) is 0.350. The molecule has 138 valence electrons. The number of rotatable bonds is 7. The first kappa shape index (κ1) is 19.4. The molecule has 26 heavy (non-hydrogen) atoms. The van der Waals surface area contributed by atoms with Crippen LogP contribution in [0.15, 0.2) is 24.3 Å². The number of Topliss-reactive ketones (excluding diaryl/α,β-unsaturated/α-hetero) is 1. The van der Waals surface area contributed by atoms with Gasteiger partial charge in [-0.05, 0) is 44.4 Å². The number of aromatic amines is 1. The number of ketones is 1. The van der Waals surface area contributed by atoms with Gasteiger partial charge in [-0.2, -0.15) is 0 Å². The zero-order chi connectivity index (χ0) is 19.3. The van der Waals surface area contributed by atoms with Crippen LogP contribution in [0.5, 0.6) is 0 Å². The van der Waals surface area contributed by atoms with Crippen molar-refractivity contribution in [1.82, 2.24) is 4.98 Å². The Morgan fingerprint density at radius 2 is 1.73 bits per heavy atom. The molecule has 0 fully saturated rings. The first-order valence-electron chi connectivity index (χ1n) is 8.44. The number of aryl methyl sites for hydroxylation is 2. The first-order valence-corrected chi connectivity index (χ1v) is 8.44. The number of nitrogens with one attached hydrogen (secondary N) is 1. The van der Waals surface area contributed by atoms with Crippen molar-refractivity contribution in [1.29, 1.82) is 0 Å². The van der Waals surface area contributed by atoms with E-state index in [-0.39, 0.29) is 31.1 Å². The lowest BCUT2D eigenvalue weighted by atomic mass is 10.1. The molecule has 1 N–H and O–H groups in total. The van der Waals surface area contributed by atoms with E-state index >= 15 is 0 Å². The van der Waals surface area contributed by atoms with Crippen molar-refractivity contribution < 1.29 is 23.9 Å². The van der Waals surface area contributed by atoms with Crippen LogP contribution in [0.4, 0.5) is 0 Å². The molecule has 0 spiro atoms. The molecule has 0 atom stereocenters. The normalized spacial score (nSPS) is 10.5. The highest BCUT2D eigenvalue weighted by Gasteiger charge is 2.23. The predicted octanol–water partition coefficient (Wildman–Crippen LogP) is 3.09. The Kier molecular flexibility index (Phi) is 6.33. The third-order valence-electron chi connectivity index (χ3n) is 4.16. The average Bonchev–Trinajstić information content (AvgIpc) is 2.90. The van der Waals surface area contributed by atoms with Crippen molar-refractivity contribution >= 4 is 17.7 Å². The van der Waals surface area contributed by atoms with E-state index < -0.39 is 11.9 Å². The first-order chi connectivity index (χ1) is 12.3. The van der Waals surface area contributed by atoms with Gasteiger partial charge in [0, 0.05) is 11.3 Å². The van der Waals surface area contributed by atoms with Crippen LogP contribution >= 0.6 is 0 Å². The summed E-state index contributed by atoms with van der Waals surface area (Å²) in [5.41, 5.74) is 3.51. The summed E-state index contributed by atoms with van der Waals surface area (Å²) >= 11 is 0. The van der Waals surface area contributed by atoms with Crippen LogP contribution in [0.3, 0.4) is 0 Å². The van der Waals surface area contributed by atoms with Gasteiger partial charge >= 0.3 is 11.9 Å². The molecule has 0 unspecified atom stereocenters. The van der Waals surface area contributed by atoms with E-state index in [1.54, 1.807) is 20.8 Å². The molecule has 2 aromatic rings. The number of aromatic nitrogens is 1. The topological polar surface area (TPSA) is 85.5 Å². The number of esters is 2. The van der Waals surface area contributed by atoms with Gasteiger partial charge in [0.25, 0.3) is 0 Å². The molecular weight excluding hydrogens is 334 g/mol. The standard InChI is InChI=1S/C20H23NO5/c1-5-25-20(24)19-13(3)18(14(4)21-19)16(22)11-26-17(23)10-15-9-7-6-8-12(15)2/h6-9,21H,5,10-11H2,1-4H3. The van der Waals surface area contributed by atoms with E-state index in [1.165, 1.54) is 0 Å². The number of hydrogen-bond acceptors (Lipinski definition) is 5. The van der Waals surface area contributed by atoms with Crippen molar-refractivity contribution in [2.75, 3.05) is 13.2 Å². The van der Waals surface area contributed by atoms with Crippen LogP contribution in [0.1, 0.15) is 50.2 Å². The highest BCUT2D eigenvalue weighted by molar-refractivity contribution is 6.03. The minimum Gasteiger partial charge on any atom is -0.461 e. The van der Waals surface area contributed by atoms with E-state index in [0.717, 1.165) is 11.1 Å². The van der Waals surface area contributed by atoms with Crippen molar-refractivity contribution in [3.63, 3.8) is 0 Å². The third-order valence-corrected chi connectivity index (χ3v) is 4.16. The van der Waals surface area contributed by atoms with E-state index in [4.69, 9.17) is 9.47 Å². The molecule has 0 aliphatic carbocycles. The van der Waals surface area contributed by atoms with Gasteiger partial charge in [-0.1, -0.05) is 24.3 Å². The zero-order valence-corrected chi connectivity index (χ0v) is 15.5. The van der Waals surface area contributed by atoms with Gasteiger partial charge in [0.05, 0.1) is 13.0 Å². The number of hydrogen-bond donors (Lipinski definition) is 1. The molecule has 0 radical (unpaired) electrons. The maximum absolute atomic E-state index is 12.5. The molecule has 1 aromatic heterocycles. The third kappa shape index (κ3) is 4.39. The van der Waals surface area contributed by atoms with Crippen LogP contribution in [-0.2, 0) is 20.7 Å². The van der Waals surface area contributed by atoms with Gasteiger partial charge in [0.15, 0.2) is 6.61 Å². The summed E-state index contributed by atoms with van der Waals surface area (Å²) in [5, 5.41) is 0. The molecule has 0 amide bonds. The van der Waals surface area contributed by atoms with E-state index in [0.29, 0.717) is 16.8 Å². The highest BCUT2D eigenvalue weighted by atomic mass is 16.5. The fourth-order valence-electron chi connectivity index (χ4n) is 2.81. The van der Waals surface area contributed by atoms with Crippen molar-refractivity contribution in [3.8, 4) is 0 Å². The van der Waals surface area contributed by atoms with Crippen LogP contribution in [0, 0.1) is 20.8 Å². The Labute approximate surface area is 152 Å². The van der Waals surface area contributed by atoms with Gasteiger partial charge in [-0.25, -0.2) is 4.79 Å². The highest BCUT2D eigenvalue weighted by Crippen LogP contribution is 2.19. The lowest BCUT2D eigenvalue weighted by Crippen LogP contribution is -2.17. The SMILES string of the molecule is CCOC(=O)c1[nH]c(C)c(C(=O)COC(=O)Cc2ccccc2C)c1C. The minimum absolute atomic E-state index is 0.110. The smallest absolute Gasteiger partial charge is 0.355 e. The summed E-state index contributed by atoms with van der Waals surface area (Å²) in [6.45, 7) is 6.86. The van der Waals surface area contributed by atoms with Crippen molar-refractivity contribution in [3.05, 3.63) is 57.9 Å².